The number of halogens is 1. The number of pyridine rings is 1. The molecular weight excluding hydrogens is 336 g/mol. The number of anilines is 1. The molecule has 0 saturated carbocycles. The minimum absolute atomic E-state index is 0. The van der Waals surface area contributed by atoms with E-state index in [1.807, 2.05) is 44.6 Å². The molecule has 3 heteroatoms. The maximum Gasteiger partial charge on any atom is 0.0707 e. The quantitative estimate of drug-likeness (QED) is 0.654. The molecule has 2 nitrogen and oxygen atoms in total. The highest BCUT2D eigenvalue weighted by atomic mass is 79.9. The standard InChI is InChI=1S/C19H18N2.BrH/c1-21(2)17-11-8-15(9-12-17)7-10-16-13-14-20-19-6-4-3-5-18(16)19;/h3-14H,1-2H3;1H/b10-7+;. The van der Waals surface area contributed by atoms with Gasteiger partial charge in [0, 0.05) is 31.4 Å². The van der Waals surface area contributed by atoms with E-state index >= 15 is 0 Å². The Morgan fingerprint density at radius 2 is 1.59 bits per heavy atom. The minimum Gasteiger partial charge on any atom is -0.378 e. The predicted octanol–water partition coefficient (Wildman–Crippen LogP) is 5.05. The van der Waals surface area contributed by atoms with Gasteiger partial charge in [0.2, 0.25) is 0 Å². The molecule has 0 atom stereocenters. The highest BCUT2D eigenvalue weighted by Crippen LogP contribution is 2.19. The lowest BCUT2D eigenvalue weighted by molar-refractivity contribution is 1.13. The zero-order valence-electron chi connectivity index (χ0n) is 12.7. The third kappa shape index (κ3) is 3.55. The molecule has 0 aliphatic carbocycles. The Morgan fingerprint density at radius 1 is 0.864 bits per heavy atom. The summed E-state index contributed by atoms with van der Waals surface area (Å²) in [7, 11) is 4.10. The molecule has 0 radical (unpaired) electrons. The Bertz CT molecular complexity index is 772. The fraction of sp³-hybridized carbons (Fsp3) is 0.105. The first kappa shape index (κ1) is 16.2. The van der Waals surface area contributed by atoms with Crippen molar-refractivity contribution in [2.75, 3.05) is 19.0 Å². The fourth-order valence-corrected chi connectivity index (χ4v) is 2.33. The molecule has 3 aromatic rings. The lowest BCUT2D eigenvalue weighted by Gasteiger charge is -2.11. The van der Waals surface area contributed by atoms with Crippen LogP contribution in [-0.4, -0.2) is 19.1 Å². The summed E-state index contributed by atoms with van der Waals surface area (Å²) in [6, 6.07) is 18.8. The Labute approximate surface area is 141 Å². The SMILES string of the molecule is Br.CN(C)c1ccc(/C=C/c2ccnc3ccccc23)cc1. The van der Waals surface area contributed by atoms with Gasteiger partial charge in [0.1, 0.15) is 0 Å². The van der Waals surface area contributed by atoms with Crippen LogP contribution < -0.4 is 4.90 Å². The number of hydrogen-bond acceptors (Lipinski definition) is 2. The molecule has 0 unspecified atom stereocenters. The average Bonchev–Trinajstić information content (AvgIpc) is 2.53. The van der Waals surface area contributed by atoms with Gasteiger partial charge in [0.25, 0.3) is 0 Å². The monoisotopic (exact) mass is 354 g/mol. The van der Waals surface area contributed by atoms with Gasteiger partial charge in [-0.2, -0.15) is 0 Å². The van der Waals surface area contributed by atoms with Gasteiger partial charge in [-0.05, 0) is 35.4 Å². The molecule has 22 heavy (non-hydrogen) atoms. The van der Waals surface area contributed by atoms with Gasteiger partial charge in [0.05, 0.1) is 5.52 Å². The first-order valence-corrected chi connectivity index (χ1v) is 7.03. The van der Waals surface area contributed by atoms with Gasteiger partial charge in [-0.3, -0.25) is 4.98 Å². The van der Waals surface area contributed by atoms with E-state index in [1.54, 1.807) is 0 Å². The molecule has 2 aromatic carbocycles. The molecule has 1 aromatic heterocycles. The fourth-order valence-electron chi connectivity index (χ4n) is 2.33. The average molecular weight is 355 g/mol. The molecule has 112 valence electrons. The van der Waals surface area contributed by atoms with Crippen LogP contribution in [0.1, 0.15) is 11.1 Å². The summed E-state index contributed by atoms with van der Waals surface area (Å²) in [5.74, 6) is 0. The minimum atomic E-state index is 0. The van der Waals surface area contributed by atoms with E-state index in [0.29, 0.717) is 0 Å². The molecule has 0 N–H and O–H groups in total. The number of fused-ring (bicyclic) bond motifs is 1. The van der Waals surface area contributed by atoms with Crippen LogP contribution in [0.3, 0.4) is 0 Å². The van der Waals surface area contributed by atoms with E-state index in [2.05, 4.69) is 52.4 Å². The van der Waals surface area contributed by atoms with Gasteiger partial charge < -0.3 is 4.90 Å². The summed E-state index contributed by atoms with van der Waals surface area (Å²) >= 11 is 0. The first-order valence-electron chi connectivity index (χ1n) is 7.03. The molecule has 0 saturated heterocycles. The van der Waals surface area contributed by atoms with Crippen LogP contribution in [0.25, 0.3) is 23.1 Å². The summed E-state index contributed by atoms with van der Waals surface area (Å²) in [6.07, 6.45) is 6.15. The van der Waals surface area contributed by atoms with Crippen LogP contribution in [0.4, 0.5) is 5.69 Å². The van der Waals surface area contributed by atoms with Gasteiger partial charge in [-0.1, -0.05) is 42.5 Å². The summed E-state index contributed by atoms with van der Waals surface area (Å²) < 4.78 is 0. The number of para-hydroxylation sites is 1. The maximum atomic E-state index is 4.39. The summed E-state index contributed by atoms with van der Waals surface area (Å²) in [5, 5.41) is 1.18. The second-order valence-corrected chi connectivity index (χ2v) is 5.24. The number of hydrogen-bond donors (Lipinski definition) is 0. The molecule has 0 amide bonds. The largest absolute Gasteiger partial charge is 0.378 e. The van der Waals surface area contributed by atoms with Crippen molar-refractivity contribution in [1.29, 1.82) is 0 Å². The van der Waals surface area contributed by atoms with Gasteiger partial charge in [-0.15, -0.1) is 17.0 Å². The number of nitrogens with zero attached hydrogens (tertiary/aromatic N) is 2. The molecule has 0 aliphatic rings. The first-order chi connectivity index (χ1) is 10.2. The second kappa shape index (κ2) is 7.23. The molecule has 3 rings (SSSR count). The zero-order valence-corrected chi connectivity index (χ0v) is 14.4. The normalized spacial score (nSPS) is 10.6. The highest BCUT2D eigenvalue weighted by molar-refractivity contribution is 8.93. The number of benzene rings is 2. The van der Waals surface area contributed by atoms with Crippen LogP contribution in [-0.2, 0) is 0 Å². The van der Waals surface area contributed by atoms with Crippen molar-refractivity contribution in [3.05, 3.63) is 71.9 Å². The van der Waals surface area contributed by atoms with Crippen molar-refractivity contribution in [1.82, 2.24) is 4.98 Å². The third-order valence-corrected chi connectivity index (χ3v) is 3.55. The van der Waals surface area contributed by atoms with Crippen molar-refractivity contribution in [2.45, 2.75) is 0 Å². The van der Waals surface area contributed by atoms with Crippen molar-refractivity contribution in [2.24, 2.45) is 0 Å². The van der Waals surface area contributed by atoms with Crippen LogP contribution >= 0.6 is 17.0 Å². The molecule has 0 aliphatic heterocycles. The summed E-state index contributed by atoms with van der Waals surface area (Å²) in [4.78, 5) is 6.49. The van der Waals surface area contributed by atoms with Crippen LogP contribution in [0, 0.1) is 0 Å². The number of aromatic nitrogens is 1. The smallest absolute Gasteiger partial charge is 0.0707 e. The molecule has 0 spiro atoms. The van der Waals surface area contributed by atoms with Crippen molar-refractivity contribution in [3.8, 4) is 0 Å². The van der Waals surface area contributed by atoms with Gasteiger partial charge in [0.15, 0.2) is 0 Å². The van der Waals surface area contributed by atoms with Gasteiger partial charge >= 0.3 is 0 Å². The van der Waals surface area contributed by atoms with E-state index in [1.165, 1.54) is 22.2 Å². The number of rotatable bonds is 3. The predicted molar refractivity (Wildman–Crippen MR) is 102 cm³/mol. The topological polar surface area (TPSA) is 16.1 Å². The lowest BCUT2D eigenvalue weighted by Crippen LogP contribution is -2.07. The Kier molecular flexibility index (Phi) is 5.34. The summed E-state index contributed by atoms with van der Waals surface area (Å²) in [6.45, 7) is 0. The van der Waals surface area contributed by atoms with Gasteiger partial charge in [-0.25, -0.2) is 0 Å². The van der Waals surface area contributed by atoms with E-state index in [9.17, 15) is 0 Å². The van der Waals surface area contributed by atoms with Crippen LogP contribution in [0.5, 0.6) is 0 Å². The molecule has 0 fully saturated rings. The third-order valence-electron chi connectivity index (χ3n) is 3.55. The lowest BCUT2D eigenvalue weighted by atomic mass is 10.1. The van der Waals surface area contributed by atoms with Crippen molar-refractivity contribution < 1.29 is 0 Å². The summed E-state index contributed by atoms with van der Waals surface area (Å²) in [5.41, 5.74) is 4.63. The highest BCUT2D eigenvalue weighted by Gasteiger charge is 1.98. The maximum absolute atomic E-state index is 4.39. The Morgan fingerprint density at radius 3 is 2.32 bits per heavy atom. The van der Waals surface area contributed by atoms with Crippen LogP contribution in [0.15, 0.2) is 60.8 Å². The Balaban J connectivity index is 0.00000176. The zero-order chi connectivity index (χ0) is 14.7. The Hall–Kier alpha value is -2.13. The van der Waals surface area contributed by atoms with Crippen molar-refractivity contribution in [3.63, 3.8) is 0 Å². The van der Waals surface area contributed by atoms with E-state index < -0.39 is 0 Å². The molecule has 1 heterocycles. The van der Waals surface area contributed by atoms with Crippen molar-refractivity contribution >= 4 is 45.7 Å². The van der Waals surface area contributed by atoms with E-state index in [0.717, 1.165) is 5.52 Å². The van der Waals surface area contributed by atoms with Crippen LogP contribution in [0.2, 0.25) is 0 Å². The molecule has 0 bridgehead atoms. The van der Waals surface area contributed by atoms with E-state index in [4.69, 9.17) is 0 Å². The van der Waals surface area contributed by atoms with E-state index in [-0.39, 0.29) is 17.0 Å². The second-order valence-electron chi connectivity index (χ2n) is 5.24. The molecular formula is C19H19BrN2.